The molecule has 1 fully saturated rings. The summed E-state index contributed by atoms with van der Waals surface area (Å²) in [5.74, 6) is 1.40. The highest BCUT2D eigenvalue weighted by molar-refractivity contribution is 7.99. The summed E-state index contributed by atoms with van der Waals surface area (Å²) in [6.45, 7) is 5.16. The summed E-state index contributed by atoms with van der Waals surface area (Å²) in [4.78, 5) is 16.8. The second kappa shape index (κ2) is 5.91. The molecule has 1 aliphatic heterocycles. The lowest BCUT2D eigenvalue weighted by Gasteiger charge is -2.22. The summed E-state index contributed by atoms with van der Waals surface area (Å²) < 4.78 is 0. The average molecular weight is 269 g/mol. The van der Waals surface area contributed by atoms with Crippen molar-refractivity contribution >= 4 is 29.0 Å². The van der Waals surface area contributed by atoms with Crippen molar-refractivity contribution in [1.82, 2.24) is 4.90 Å². The number of hydrogen-bond donors (Lipinski definition) is 0. The third-order valence-corrected chi connectivity index (χ3v) is 5.40. The fourth-order valence-corrected chi connectivity index (χ4v) is 4.41. The quantitative estimate of drug-likeness (QED) is 0.828. The number of nitrogens with zero attached hydrogens (tertiary/aromatic N) is 1. The normalized spacial score (nSPS) is 19.9. The summed E-state index contributed by atoms with van der Waals surface area (Å²) in [6.07, 6.45) is 2.81. The maximum Gasteiger partial charge on any atom is 0.223 e. The molecule has 0 bridgehead atoms. The predicted octanol–water partition coefficient (Wildman–Crippen LogP) is 3.82. The highest BCUT2D eigenvalue weighted by atomic mass is 32.2. The maximum atomic E-state index is 12.1. The summed E-state index contributed by atoms with van der Waals surface area (Å²) in [7, 11) is 0. The zero-order chi connectivity index (χ0) is 12.3. The fraction of sp³-hybridized carbons (Fsp3) is 0.615. The molecule has 0 aromatic carbocycles. The van der Waals surface area contributed by atoms with Crippen molar-refractivity contribution in [3.63, 3.8) is 0 Å². The van der Waals surface area contributed by atoms with Crippen molar-refractivity contribution in [2.45, 2.75) is 38.5 Å². The molecule has 2 nitrogen and oxygen atoms in total. The SMILES string of the molecule is CCCCC(=O)N1CCS[C@@H]1c1ccc(C)s1. The van der Waals surface area contributed by atoms with Gasteiger partial charge in [-0.05, 0) is 25.5 Å². The van der Waals surface area contributed by atoms with Gasteiger partial charge in [-0.1, -0.05) is 13.3 Å². The molecular formula is C13H19NOS2. The zero-order valence-corrected chi connectivity index (χ0v) is 12.1. The molecular weight excluding hydrogens is 250 g/mol. The Kier molecular flexibility index (Phi) is 4.51. The van der Waals surface area contributed by atoms with Crippen LogP contribution in [0.25, 0.3) is 0 Å². The Hall–Kier alpha value is -0.480. The molecule has 17 heavy (non-hydrogen) atoms. The number of amides is 1. The Morgan fingerprint density at radius 2 is 2.35 bits per heavy atom. The number of thiophene rings is 1. The minimum absolute atomic E-state index is 0.276. The molecule has 1 aromatic heterocycles. The van der Waals surface area contributed by atoms with Crippen LogP contribution in [0.4, 0.5) is 0 Å². The highest BCUT2D eigenvalue weighted by Gasteiger charge is 2.30. The number of hydrogen-bond acceptors (Lipinski definition) is 3. The summed E-state index contributed by atoms with van der Waals surface area (Å²) in [5.41, 5.74) is 0. The van der Waals surface area contributed by atoms with Gasteiger partial charge in [0.05, 0.1) is 0 Å². The smallest absolute Gasteiger partial charge is 0.223 e. The summed E-state index contributed by atoms with van der Waals surface area (Å²) in [5, 5.41) is 0.276. The van der Waals surface area contributed by atoms with Crippen LogP contribution < -0.4 is 0 Å². The first-order chi connectivity index (χ1) is 8.22. The number of aryl methyl sites for hydroxylation is 1. The van der Waals surface area contributed by atoms with Crippen molar-refractivity contribution < 1.29 is 4.79 Å². The van der Waals surface area contributed by atoms with Crippen LogP contribution in [0.5, 0.6) is 0 Å². The van der Waals surface area contributed by atoms with Gasteiger partial charge in [-0.15, -0.1) is 23.1 Å². The molecule has 0 spiro atoms. The minimum atomic E-state index is 0.276. The van der Waals surface area contributed by atoms with Crippen LogP contribution in [0.2, 0.25) is 0 Å². The van der Waals surface area contributed by atoms with Gasteiger partial charge in [-0.25, -0.2) is 0 Å². The third kappa shape index (κ3) is 3.05. The Balaban J connectivity index is 2.04. The van der Waals surface area contributed by atoms with Gasteiger partial charge in [0.2, 0.25) is 5.91 Å². The van der Waals surface area contributed by atoms with E-state index in [4.69, 9.17) is 0 Å². The lowest BCUT2D eigenvalue weighted by molar-refractivity contribution is -0.131. The molecule has 0 saturated carbocycles. The van der Waals surface area contributed by atoms with Crippen LogP contribution in [0, 0.1) is 6.92 Å². The van der Waals surface area contributed by atoms with Crippen LogP contribution in [0.3, 0.4) is 0 Å². The maximum absolute atomic E-state index is 12.1. The number of thioether (sulfide) groups is 1. The van der Waals surface area contributed by atoms with Crippen molar-refractivity contribution in [3.8, 4) is 0 Å². The summed E-state index contributed by atoms with van der Waals surface area (Å²) >= 11 is 3.71. The van der Waals surface area contributed by atoms with Crippen LogP contribution in [0.15, 0.2) is 12.1 Å². The van der Waals surface area contributed by atoms with Gasteiger partial charge in [0, 0.05) is 28.5 Å². The molecule has 0 radical (unpaired) electrons. The standard InChI is InChI=1S/C13H19NOS2/c1-3-4-5-12(15)14-8-9-16-13(14)11-7-6-10(2)17-11/h6-7,13H,3-5,8-9H2,1-2H3/t13-/m1/s1. The first-order valence-electron chi connectivity index (χ1n) is 6.19. The molecule has 0 aliphatic carbocycles. The third-order valence-electron chi connectivity index (χ3n) is 2.96. The molecule has 4 heteroatoms. The monoisotopic (exact) mass is 269 g/mol. The molecule has 0 unspecified atom stereocenters. The van der Waals surface area contributed by atoms with Crippen LogP contribution in [-0.2, 0) is 4.79 Å². The number of unbranched alkanes of at least 4 members (excludes halogenated alkanes) is 1. The van der Waals surface area contributed by atoms with E-state index in [0.717, 1.165) is 25.1 Å². The zero-order valence-electron chi connectivity index (χ0n) is 10.4. The van der Waals surface area contributed by atoms with Gasteiger partial charge in [0.1, 0.15) is 5.37 Å². The summed E-state index contributed by atoms with van der Waals surface area (Å²) in [6, 6.07) is 4.32. The predicted molar refractivity (Wildman–Crippen MR) is 75.5 cm³/mol. The van der Waals surface area contributed by atoms with E-state index in [1.807, 2.05) is 23.1 Å². The largest absolute Gasteiger partial charge is 0.325 e. The molecule has 1 amide bonds. The van der Waals surface area contributed by atoms with Gasteiger partial charge in [0.25, 0.3) is 0 Å². The first-order valence-corrected chi connectivity index (χ1v) is 8.06. The van der Waals surface area contributed by atoms with Crippen molar-refractivity contribution in [2.75, 3.05) is 12.3 Å². The molecule has 0 N–H and O–H groups in total. The molecule has 1 aromatic rings. The van der Waals surface area contributed by atoms with Gasteiger partial charge >= 0.3 is 0 Å². The topological polar surface area (TPSA) is 20.3 Å². The number of carbonyl (C=O) groups excluding carboxylic acids is 1. The molecule has 2 rings (SSSR count). The van der Waals surface area contributed by atoms with Crippen molar-refractivity contribution in [3.05, 3.63) is 21.9 Å². The lowest BCUT2D eigenvalue weighted by atomic mass is 10.2. The Morgan fingerprint density at radius 1 is 1.53 bits per heavy atom. The van der Waals surface area contributed by atoms with E-state index in [0.29, 0.717) is 12.3 Å². The van der Waals surface area contributed by atoms with Gasteiger partial charge in [-0.2, -0.15) is 0 Å². The lowest BCUT2D eigenvalue weighted by Crippen LogP contribution is -2.29. The van der Waals surface area contributed by atoms with Crippen molar-refractivity contribution in [1.29, 1.82) is 0 Å². The van der Waals surface area contributed by atoms with Gasteiger partial charge in [-0.3, -0.25) is 4.79 Å². The molecule has 2 heterocycles. The first kappa shape index (κ1) is 13.0. The molecule has 1 saturated heterocycles. The van der Waals surface area contributed by atoms with Crippen LogP contribution in [-0.4, -0.2) is 23.1 Å². The number of rotatable bonds is 4. The van der Waals surface area contributed by atoms with E-state index in [2.05, 4.69) is 30.9 Å². The van der Waals surface area contributed by atoms with E-state index in [-0.39, 0.29) is 5.37 Å². The second-order valence-corrected chi connectivity index (χ2v) is 6.87. The highest BCUT2D eigenvalue weighted by Crippen LogP contribution is 2.41. The van der Waals surface area contributed by atoms with E-state index < -0.39 is 0 Å². The van der Waals surface area contributed by atoms with Gasteiger partial charge in [0.15, 0.2) is 0 Å². The van der Waals surface area contributed by atoms with E-state index in [1.165, 1.54) is 9.75 Å². The molecule has 1 aliphatic rings. The Bertz CT molecular complexity index is 389. The van der Waals surface area contributed by atoms with Gasteiger partial charge < -0.3 is 4.90 Å². The van der Waals surface area contributed by atoms with Crippen LogP contribution >= 0.6 is 23.1 Å². The Labute approximate surface area is 111 Å². The van der Waals surface area contributed by atoms with E-state index in [9.17, 15) is 4.79 Å². The van der Waals surface area contributed by atoms with Crippen molar-refractivity contribution in [2.24, 2.45) is 0 Å². The molecule has 1 atom stereocenters. The van der Waals surface area contributed by atoms with Crippen LogP contribution in [0.1, 0.15) is 41.3 Å². The molecule has 94 valence electrons. The van der Waals surface area contributed by atoms with E-state index in [1.54, 1.807) is 0 Å². The average Bonchev–Trinajstić information content (AvgIpc) is 2.93. The minimum Gasteiger partial charge on any atom is -0.325 e. The Morgan fingerprint density at radius 3 is 3.00 bits per heavy atom. The second-order valence-electron chi connectivity index (χ2n) is 4.36. The van der Waals surface area contributed by atoms with E-state index >= 15 is 0 Å². The fourth-order valence-electron chi connectivity index (χ4n) is 2.02. The number of carbonyl (C=O) groups is 1.